The second-order valence-electron chi connectivity index (χ2n) is 7.88. The number of allylic oxidation sites excluding steroid dienone is 5. The number of halogens is 1. The highest BCUT2D eigenvalue weighted by atomic mass is 35.5. The number of hydrogen-bond acceptors (Lipinski definition) is 0. The van der Waals surface area contributed by atoms with Gasteiger partial charge in [0.15, 0.2) is 0 Å². The summed E-state index contributed by atoms with van der Waals surface area (Å²) >= 11 is 6.68. The Bertz CT molecular complexity index is 1350. The summed E-state index contributed by atoms with van der Waals surface area (Å²) in [7, 11) is 0. The fourth-order valence-electron chi connectivity index (χ4n) is 4.94. The molecule has 0 radical (unpaired) electrons. The standard InChI is InChI=1S/C28H20ClN/c29-23-14-6-7-15-24(23)30-25-16-8-13-22(19-9-2-1-3-10-19)27(25)28-21-12-5-4-11-20(21)17-18-26(28)30/h1-18,20-21H. The third-order valence-electron chi connectivity index (χ3n) is 6.23. The van der Waals surface area contributed by atoms with Crippen LogP contribution >= 0.6 is 11.6 Å². The van der Waals surface area contributed by atoms with Crippen LogP contribution in [0, 0.1) is 5.92 Å². The monoisotopic (exact) mass is 405 g/mol. The molecule has 2 aliphatic carbocycles. The van der Waals surface area contributed by atoms with Gasteiger partial charge in [-0.2, -0.15) is 0 Å². The number of benzene rings is 3. The molecule has 6 rings (SSSR count). The number of nitrogens with zero attached hydrogens (tertiary/aromatic N) is 1. The topological polar surface area (TPSA) is 4.93 Å². The van der Waals surface area contributed by atoms with Gasteiger partial charge in [-0.25, -0.2) is 0 Å². The number of fused-ring (bicyclic) bond motifs is 5. The van der Waals surface area contributed by atoms with Gasteiger partial charge < -0.3 is 4.57 Å². The predicted octanol–water partition coefficient (Wildman–Crippen LogP) is 7.80. The second kappa shape index (κ2) is 6.90. The molecule has 1 nitrogen and oxygen atoms in total. The Hall–Kier alpha value is -3.29. The van der Waals surface area contributed by atoms with Crippen LogP contribution in [0.2, 0.25) is 5.02 Å². The van der Waals surface area contributed by atoms with Crippen molar-refractivity contribution >= 4 is 28.6 Å². The minimum atomic E-state index is 0.325. The molecule has 144 valence electrons. The molecule has 0 fully saturated rings. The van der Waals surface area contributed by atoms with E-state index in [2.05, 4.69) is 102 Å². The van der Waals surface area contributed by atoms with E-state index in [1.807, 2.05) is 12.1 Å². The molecule has 0 saturated carbocycles. The molecule has 2 heteroatoms. The Labute approximate surface area is 181 Å². The summed E-state index contributed by atoms with van der Waals surface area (Å²) < 4.78 is 2.33. The first-order chi connectivity index (χ1) is 14.8. The maximum absolute atomic E-state index is 6.68. The van der Waals surface area contributed by atoms with Crippen LogP contribution in [0.1, 0.15) is 17.2 Å². The van der Waals surface area contributed by atoms with Crippen LogP contribution in [0.5, 0.6) is 0 Å². The normalized spacial score (nSPS) is 19.1. The first kappa shape index (κ1) is 17.6. The minimum absolute atomic E-state index is 0.325. The molecule has 4 aromatic rings. The molecule has 2 atom stereocenters. The summed E-state index contributed by atoms with van der Waals surface area (Å²) in [6.07, 6.45) is 13.6. The molecule has 0 aliphatic heterocycles. The Morgan fingerprint density at radius 2 is 1.53 bits per heavy atom. The third-order valence-corrected chi connectivity index (χ3v) is 6.55. The maximum Gasteiger partial charge on any atom is 0.0648 e. The number of hydrogen-bond donors (Lipinski definition) is 0. The van der Waals surface area contributed by atoms with Crippen LogP contribution in [0.25, 0.3) is 33.8 Å². The van der Waals surface area contributed by atoms with E-state index in [-0.39, 0.29) is 0 Å². The molecular weight excluding hydrogens is 386 g/mol. The largest absolute Gasteiger partial charge is 0.308 e. The molecule has 2 unspecified atom stereocenters. The summed E-state index contributed by atoms with van der Waals surface area (Å²) in [4.78, 5) is 0. The summed E-state index contributed by atoms with van der Waals surface area (Å²) in [5.74, 6) is 0.711. The zero-order valence-electron chi connectivity index (χ0n) is 16.4. The van der Waals surface area contributed by atoms with Crippen LogP contribution in [0.4, 0.5) is 0 Å². The van der Waals surface area contributed by atoms with Gasteiger partial charge in [-0.1, -0.05) is 96.6 Å². The van der Waals surface area contributed by atoms with E-state index >= 15 is 0 Å². The van der Waals surface area contributed by atoms with Gasteiger partial charge in [0.1, 0.15) is 0 Å². The highest BCUT2D eigenvalue weighted by molar-refractivity contribution is 6.32. The minimum Gasteiger partial charge on any atom is -0.308 e. The molecule has 0 saturated heterocycles. The third kappa shape index (κ3) is 2.56. The van der Waals surface area contributed by atoms with Crippen LogP contribution in [-0.4, -0.2) is 4.57 Å². The van der Waals surface area contributed by atoms with E-state index in [0.29, 0.717) is 11.8 Å². The molecule has 1 heterocycles. The van der Waals surface area contributed by atoms with Crippen molar-refractivity contribution in [2.45, 2.75) is 5.92 Å². The fourth-order valence-corrected chi connectivity index (χ4v) is 5.16. The molecule has 1 aromatic heterocycles. The molecular formula is C28H20ClN. The van der Waals surface area contributed by atoms with E-state index in [1.165, 1.54) is 33.3 Å². The van der Waals surface area contributed by atoms with Crippen LogP contribution in [-0.2, 0) is 0 Å². The summed E-state index contributed by atoms with van der Waals surface area (Å²) in [5.41, 5.74) is 7.34. The second-order valence-corrected chi connectivity index (χ2v) is 8.29. The highest BCUT2D eigenvalue weighted by Gasteiger charge is 2.31. The summed E-state index contributed by atoms with van der Waals surface area (Å²) in [6.45, 7) is 0. The van der Waals surface area contributed by atoms with Gasteiger partial charge in [-0.05, 0) is 41.0 Å². The lowest BCUT2D eigenvalue weighted by Gasteiger charge is -2.26. The lowest BCUT2D eigenvalue weighted by Crippen LogP contribution is -2.14. The molecule has 3 aromatic carbocycles. The van der Waals surface area contributed by atoms with E-state index in [4.69, 9.17) is 11.6 Å². The quantitative estimate of drug-likeness (QED) is 0.320. The van der Waals surface area contributed by atoms with E-state index in [9.17, 15) is 0 Å². The lowest BCUT2D eigenvalue weighted by molar-refractivity contribution is 0.693. The van der Waals surface area contributed by atoms with Gasteiger partial charge in [0, 0.05) is 17.2 Å². The van der Waals surface area contributed by atoms with Crippen molar-refractivity contribution in [1.29, 1.82) is 0 Å². The Morgan fingerprint density at radius 3 is 2.40 bits per heavy atom. The highest BCUT2D eigenvalue weighted by Crippen LogP contribution is 2.47. The Morgan fingerprint density at radius 1 is 0.733 bits per heavy atom. The summed E-state index contributed by atoms with van der Waals surface area (Å²) in [6, 6.07) is 25.4. The van der Waals surface area contributed by atoms with Crippen LogP contribution in [0.15, 0.2) is 103 Å². The van der Waals surface area contributed by atoms with Crippen molar-refractivity contribution in [3.63, 3.8) is 0 Å². The maximum atomic E-state index is 6.68. The zero-order chi connectivity index (χ0) is 20.1. The molecule has 0 spiro atoms. The Balaban J connectivity index is 1.76. The molecule has 0 bridgehead atoms. The van der Waals surface area contributed by atoms with Crippen molar-refractivity contribution in [3.8, 4) is 16.8 Å². The van der Waals surface area contributed by atoms with Crippen LogP contribution < -0.4 is 0 Å². The number of aromatic nitrogens is 1. The lowest BCUT2D eigenvalue weighted by atomic mass is 9.77. The van der Waals surface area contributed by atoms with E-state index < -0.39 is 0 Å². The van der Waals surface area contributed by atoms with Gasteiger partial charge in [-0.3, -0.25) is 0 Å². The van der Waals surface area contributed by atoms with Gasteiger partial charge in [0.05, 0.1) is 21.9 Å². The van der Waals surface area contributed by atoms with Gasteiger partial charge in [0.25, 0.3) is 0 Å². The van der Waals surface area contributed by atoms with Crippen molar-refractivity contribution in [1.82, 2.24) is 4.57 Å². The van der Waals surface area contributed by atoms with Crippen molar-refractivity contribution in [2.24, 2.45) is 5.92 Å². The predicted molar refractivity (Wildman–Crippen MR) is 127 cm³/mol. The van der Waals surface area contributed by atoms with Crippen molar-refractivity contribution in [3.05, 3.63) is 119 Å². The first-order valence-electron chi connectivity index (χ1n) is 10.3. The van der Waals surface area contributed by atoms with E-state index in [0.717, 1.165) is 10.7 Å². The van der Waals surface area contributed by atoms with Crippen molar-refractivity contribution < 1.29 is 0 Å². The first-order valence-corrected chi connectivity index (χ1v) is 10.7. The van der Waals surface area contributed by atoms with Gasteiger partial charge in [0.2, 0.25) is 0 Å². The van der Waals surface area contributed by atoms with Gasteiger partial charge >= 0.3 is 0 Å². The fraction of sp³-hybridized carbons (Fsp3) is 0.0714. The van der Waals surface area contributed by atoms with Gasteiger partial charge in [-0.15, -0.1) is 0 Å². The van der Waals surface area contributed by atoms with Crippen molar-refractivity contribution in [2.75, 3.05) is 0 Å². The zero-order valence-corrected chi connectivity index (χ0v) is 17.1. The van der Waals surface area contributed by atoms with E-state index in [1.54, 1.807) is 0 Å². The molecule has 0 amide bonds. The smallest absolute Gasteiger partial charge is 0.0648 e. The summed E-state index contributed by atoms with van der Waals surface area (Å²) in [5, 5.41) is 2.08. The average molecular weight is 406 g/mol. The number of rotatable bonds is 2. The number of para-hydroxylation sites is 1. The SMILES string of the molecule is Clc1ccccc1-n1c2c(c3c(-c4ccccc4)cccc31)C1C=CC=CC1C=C2. The molecule has 30 heavy (non-hydrogen) atoms. The Kier molecular flexibility index (Phi) is 4.04. The molecule has 2 aliphatic rings. The average Bonchev–Trinajstić information content (AvgIpc) is 3.15. The van der Waals surface area contributed by atoms with Crippen LogP contribution in [0.3, 0.4) is 0 Å². The molecule has 0 N–H and O–H groups in total.